The van der Waals surface area contributed by atoms with Crippen LogP contribution in [0.5, 0.6) is 5.75 Å². The molecule has 6 nitrogen and oxygen atoms in total. The van der Waals surface area contributed by atoms with Crippen molar-refractivity contribution >= 4 is 11.7 Å². The summed E-state index contributed by atoms with van der Waals surface area (Å²) in [7, 11) is 1.58. The smallest absolute Gasteiger partial charge is 0.276 e. The van der Waals surface area contributed by atoms with Gasteiger partial charge in [-0.1, -0.05) is 12.1 Å². The zero-order valence-electron chi connectivity index (χ0n) is 11.5. The van der Waals surface area contributed by atoms with E-state index in [4.69, 9.17) is 10.5 Å². The van der Waals surface area contributed by atoms with E-state index in [-0.39, 0.29) is 36.3 Å². The quantitative estimate of drug-likeness (QED) is 0.899. The first-order valence-corrected chi connectivity index (χ1v) is 6.29. The van der Waals surface area contributed by atoms with E-state index in [1.807, 2.05) is 0 Å². The first-order chi connectivity index (χ1) is 10.1. The maximum absolute atomic E-state index is 13.4. The lowest BCUT2D eigenvalue weighted by Crippen LogP contribution is -2.32. The summed E-state index contributed by atoms with van der Waals surface area (Å²) in [6.07, 6.45) is 2.81. The van der Waals surface area contributed by atoms with Crippen molar-refractivity contribution in [1.82, 2.24) is 14.9 Å². The number of hydrogen-bond donors (Lipinski definition) is 1. The molecule has 21 heavy (non-hydrogen) atoms. The number of likely N-dealkylation sites (N-methyl/N-ethyl adjacent to an activating group) is 1. The standard InChI is InChI=1S/C14H15FN4O2/c1-19(14(20)12-13(16)18-7-6-17-12)8-9-21-11-5-3-2-4-10(11)15/h2-7H,8-9H2,1H3,(H2,16,18). The SMILES string of the molecule is CN(CCOc1ccccc1F)C(=O)c1nccnc1N. The Bertz CT molecular complexity index is 636. The van der Waals surface area contributed by atoms with Crippen molar-refractivity contribution in [3.05, 3.63) is 48.2 Å². The molecular formula is C14H15FN4O2. The van der Waals surface area contributed by atoms with Gasteiger partial charge in [0, 0.05) is 19.4 Å². The number of benzene rings is 1. The minimum Gasteiger partial charge on any atom is -0.489 e. The number of ether oxygens (including phenoxy) is 1. The fourth-order valence-electron chi connectivity index (χ4n) is 1.65. The van der Waals surface area contributed by atoms with Crippen molar-refractivity contribution in [1.29, 1.82) is 0 Å². The Morgan fingerprint density at radius 3 is 2.76 bits per heavy atom. The lowest BCUT2D eigenvalue weighted by molar-refractivity contribution is 0.0768. The van der Waals surface area contributed by atoms with Gasteiger partial charge in [0.25, 0.3) is 5.91 Å². The molecule has 2 rings (SSSR count). The number of nitrogens with zero attached hydrogens (tertiary/aromatic N) is 3. The maximum atomic E-state index is 13.4. The second-order valence-electron chi connectivity index (χ2n) is 4.30. The first-order valence-electron chi connectivity index (χ1n) is 6.29. The van der Waals surface area contributed by atoms with Gasteiger partial charge in [0.1, 0.15) is 6.61 Å². The summed E-state index contributed by atoms with van der Waals surface area (Å²) in [4.78, 5) is 21.2. The number of para-hydroxylation sites is 1. The zero-order valence-corrected chi connectivity index (χ0v) is 11.5. The molecule has 0 fully saturated rings. The molecule has 0 aliphatic heterocycles. The third-order valence-corrected chi connectivity index (χ3v) is 2.80. The summed E-state index contributed by atoms with van der Waals surface area (Å²) in [5.74, 6) is -0.580. The summed E-state index contributed by atoms with van der Waals surface area (Å²) >= 11 is 0. The molecule has 2 aromatic rings. The van der Waals surface area contributed by atoms with Gasteiger partial charge in [0.2, 0.25) is 0 Å². The Labute approximate surface area is 121 Å². The number of nitrogen functional groups attached to an aromatic ring is 1. The normalized spacial score (nSPS) is 10.2. The van der Waals surface area contributed by atoms with Crippen LogP contribution in [0.4, 0.5) is 10.2 Å². The van der Waals surface area contributed by atoms with Gasteiger partial charge in [0.15, 0.2) is 23.1 Å². The Kier molecular flexibility index (Phi) is 4.65. The molecule has 0 aliphatic carbocycles. The molecule has 0 radical (unpaired) electrons. The lowest BCUT2D eigenvalue weighted by atomic mass is 10.3. The topological polar surface area (TPSA) is 81.3 Å². The number of rotatable bonds is 5. The van der Waals surface area contributed by atoms with Gasteiger partial charge in [-0.3, -0.25) is 4.79 Å². The van der Waals surface area contributed by atoms with E-state index >= 15 is 0 Å². The fraction of sp³-hybridized carbons (Fsp3) is 0.214. The molecule has 0 unspecified atom stereocenters. The van der Waals surface area contributed by atoms with Crippen LogP contribution in [0.2, 0.25) is 0 Å². The average molecular weight is 290 g/mol. The van der Waals surface area contributed by atoms with Crippen molar-refractivity contribution < 1.29 is 13.9 Å². The third kappa shape index (κ3) is 3.65. The molecule has 0 aliphatic rings. The minimum atomic E-state index is -0.440. The second-order valence-corrected chi connectivity index (χ2v) is 4.30. The molecular weight excluding hydrogens is 275 g/mol. The van der Waals surface area contributed by atoms with Crippen molar-refractivity contribution in [3.63, 3.8) is 0 Å². The fourth-order valence-corrected chi connectivity index (χ4v) is 1.65. The van der Waals surface area contributed by atoms with Crippen LogP contribution < -0.4 is 10.5 Å². The molecule has 1 amide bonds. The highest BCUT2D eigenvalue weighted by molar-refractivity contribution is 5.96. The van der Waals surface area contributed by atoms with Gasteiger partial charge in [-0.15, -0.1) is 0 Å². The summed E-state index contributed by atoms with van der Waals surface area (Å²) < 4.78 is 18.6. The molecule has 0 atom stereocenters. The lowest BCUT2D eigenvalue weighted by Gasteiger charge is -2.17. The number of nitrogens with two attached hydrogens (primary N) is 1. The Morgan fingerprint density at radius 2 is 2.05 bits per heavy atom. The molecule has 0 saturated carbocycles. The van der Waals surface area contributed by atoms with E-state index in [1.54, 1.807) is 19.2 Å². The van der Waals surface area contributed by atoms with Gasteiger partial charge < -0.3 is 15.4 Å². The van der Waals surface area contributed by atoms with E-state index in [1.165, 1.54) is 29.4 Å². The zero-order chi connectivity index (χ0) is 15.2. The highest BCUT2D eigenvalue weighted by Gasteiger charge is 2.16. The first kappa shape index (κ1) is 14.7. The maximum Gasteiger partial charge on any atom is 0.276 e. The van der Waals surface area contributed by atoms with Gasteiger partial charge in [-0.25, -0.2) is 14.4 Å². The van der Waals surface area contributed by atoms with Crippen LogP contribution in [0.15, 0.2) is 36.7 Å². The third-order valence-electron chi connectivity index (χ3n) is 2.80. The van der Waals surface area contributed by atoms with E-state index in [0.29, 0.717) is 0 Å². The van der Waals surface area contributed by atoms with Gasteiger partial charge in [-0.2, -0.15) is 0 Å². The highest BCUT2D eigenvalue weighted by Crippen LogP contribution is 2.15. The molecule has 1 aromatic heterocycles. The van der Waals surface area contributed by atoms with Crippen LogP contribution in [0, 0.1) is 5.82 Å². The highest BCUT2D eigenvalue weighted by atomic mass is 19.1. The van der Waals surface area contributed by atoms with E-state index in [2.05, 4.69) is 9.97 Å². The molecule has 0 saturated heterocycles. The van der Waals surface area contributed by atoms with E-state index < -0.39 is 5.82 Å². The Balaban J connectivity index is 1.90. The van der Waals surface area contributed by atoms with Crippen molar-refractivity contribution in [3.8, 4) is 5.75 Å². The van der Waals surface area contributed by atoms with Crippen LogP contribution in [0.25, 0.3) is 0 Å². The molecule has 0 spiro atoms. The number of hydrogen-bond acceptors (Lipinski definition) is 5. The van der Waals surface area contributed by atoms with Gasteiger partial charge in [0.05, 0.1) is 6.54 Å². The van der Waals surface area contributed by atoms with Gasteiger partial charge >= 0.3 is 0 Å². The number of anilines is 1. The average Bonchev–Trinajstić information content (AvgIpc) is 2.49. The summed E-state index contributed by atoms with van der Waals surface area (Å²) in [6, 6.07) is 6.09. The molecule has 7 heteroatoms. The van der Waals surface area contributed by atoms with E-state index in [0.717, 1.165) is 0 Å². The number of amides is 1. The molecule has 1 aromatic carbocycles. The summed E-state index contributed by atoms with van der Waals surface area (Å²) in [5.41, 5.74) is 5.69. The predicted octanol–water partition coefficient (Wildman–Crippen LogP) is 1.35. The molecule has 0 bridgehead atoms. The Hall–Kier alpha value is -2.70. The largest absolute Gasteiger partial charge is 0.489 e. The second kappa shape index (κ2) is 6.65. The molecule has 1 heterocycles. The number of aromatic nitrogens is 2. The van der Waals surface area contributed by atoms with Crippen LogP contribution in [0.1, 0.15) is 10.5 Å². The number of halogens is 1. The van der Waals surface area contributed by atoms with Crippen LogP contribution in [-0.4, -0.2) is 41.0 Å². The predicted molar refractivity (Wildman–Crippen MR) is 75.3 cm³/mol. The van der Waals surface area contributed by atoms with Crippen LogP contribution >= 0.6 is 0 Å². The molecule has 110 valence electrons. The molecule has 2 N–H and O–H groups in total. The minimum absolute atomic E-state index is 0.0735. The number of carbonyl (C=O) groups is 1. The van der Waals surface area contributed by atoms with Crippen molar-refractivity contribution in [2.75, 3.05) is 25.9 Å². The monoisotopic (exact) mass is 290 g/mol. The van der Waals surface area contributed by atoms with E-state index in [9.17, 15) is 9.18 Å². The van der Waals surface area contributed by atoms with Crippen molar-refractivity contribution in [2.24, 2.45) is 0 Å². The van der Waals surface area contributed by atoms with Crippen molar-refractivity contribution in [2.45, 2.75) is 0 Å². The summed E-state index contributed by atoms with van der Waals surface area (Å²) in [5, 5.41) is 0. The van der Waals surface area contributed by atoms with Gasteiger partial charge in [-0.05, 0) is 12.1 Å². The van der Waals surface area contributed by atoms with Crippen LogP contribution in [-0.2, 0) is 0 Å². The summed E-state index contributed by atoms with van der Waals surface area (Å²) in [6.45, 7) is 0.423. The Morgan fingerprint density at radius 1 is 1.33 bits per heavy atom. The number of carbonyl (C=O) groups excluding carboxylic acids is 1. The van der Waals surface area contributed by atoms with Crippen LogP contribution in [0.3, 0.4) is 0 Å².